The smallest absolute Gasteiger partial charge is 0.214 e. The van der Waals surface area contributed by atoms with Gasteiger partial charge in [0.15, 0.2) is 0 Å². The van der Waals surface area contributed by atoms with Gasteiger partial charge in [0.05, 0.1) is 34.2 Å². The first-order valence-corrected chi connectivity index (χ1v) is 11.8. The van der Waals surface area contributed by atoms with Crippen LogP contribution < -0.4 is 5.73 Å². The number of carbonyl (C=O) groups excluding carboxylic acids is 1. The zero-order chi connectivity index (χ0) is 24.1. The Morgan fingerprint density at radius 3 is 2.77 bits per heavy atom. The van der Waals surface area contributed by atoms with Gasteiger partial charge >= 0.3 is 0 Å². The Kier molecular flexibility index (Phi) is 5.14. The highest BCUT2D eigenvalue weighted by Crippen LogP contribution is 2.25. The quantitative estimate of drug-likeness (QED) is 0.332. The van der Waals surface area contributed by atoms with Crippen LogP contribution in [0.2, 0.25) is 0 Å². The Morgan fingerprint density at radius 1 is 1.11 bits per heavy atom. The van der Waals surface area contributed by atoms with Gasteiger partial charge in [-0.25, -0.2) is 14.1 Å². The zero-order valence-corrected chi connectivity index (χ0v) is 19.4. The largest absolute Gasteiger partial charge is 0.383 e. The normalized spacial score (nSPS) is 15.4. The maximum Gasteiger partial charge on any atom is 0.214 e. The van der Waals surface area contributed by atoms with Crippen LogP contribution >= 0.6 is 0 Å². The van der Waals surface area contributed by atoms with Crippen molar-refractivity contribution in [3.63, 3.8) is 0 Å². The van der Waals surface area contributed by atoms with Gasteiger partial charge in [-0.15, -0.1) is 0 Å². The summed E-state index contributed by atoms with van der Waals surface area (Å²) in [6, 6.07) is 13.6. The van der Waals surface area contributed by atoms with Gasteiger partial charge in [0.2, 0.25) is 5.78 Å². The number of aryl methyl sites for hydroxylation is 1. The number of hydrogen-bond acceptors (Lipinski definition) is 5. The van der Waals surface area contributed by atoms with Gasteiger partial charge in [-0.2, -0.15) is 5.10 Å². The van der Waals surface area contributed by atoms with Gasteiger partial charge in [0.1, 0.15) is 17.8 Å². The van der Waals surface area contributed by atoms with E-state index in [1.807, 2.05) is 43.3 Å². The lowest BCUT2D eigenvalue weighted by molar-refractivity contribution is 0.103. The van der Waals surface area contributed by atoms with E-state index in [1.165, 1.54) is 6.20 Å². The summed E-state index contributed by atoms with van der Waals surface area (Å²) in [5, 5.41) is 5.33. The minimum absolute atomic E-state index is 0.213. The van der Waals surface area contributed by atoms with E-state index in [2.05, 4.69) is 31.0 Å². The van der Waals surface area contributed by atoms with Crippen LogP contribution in [0, 0.1) is 6.92 Å². The van der Waals surface area contributed by atoms with E-state index in [1.54, 1.807) is 4.68 Å². The fourth-order valence-corrected chi connectivity index (χ4v) is 4.86. The molecule has 0 saturated carbocycles. The molecule has 35 heavy (non-hydrogen) atoms. The number of nitrogen functional groups attached to an aromatic ring is 1. The highest BCUT2D eigenvalue weighted by Gasteiger charge is 2.21. The van der Waals surface area contributed by atoms with Gasteiger partial charge in [-0.1, -0.05) is 6.07 Å². The zero-order valence-electron chi connectivity index (χ0n) is 19.4. The van der Waals surface area contributed by atoms with Crippen molar-refractivity contribution < 1.29 is 9.18 Å². The van der Waals surface area contributed by atoms with Crippen molar-refractivity contribution in [3.05, 3.63) is 71.3 Å². The number of carbonyl (C=O) groups is 1. The molecule has 1 aliphatic rings. The van der Waals surface area contributed by atoms with Crippen molar-refractivity contribution >= 4 is 33.5 Å². The first-order chi connectivity index (χ1) is 16.9. The molecule has 1 aliphatic heterocycles. The molecule has 4 heterocycles. The van der Waals surface area contributed by atoms with E-state index in [9.17, 15) is 9.18 Å². The third-order valence-corrected chi connectivity index (χ3v) is 6.73. The molecular weight excluding hydrogens is 445 g/mol. The van der Waals surface area contributed by atoms with Crippen LogP contribution in [0.3, 0.4) is 0 Å². The Bertz CT molecular complexity index is 1550. The van der Waals surface area contributed by atoms with Crippen molar-refractivity contribution in [3.8, 4) is 5.69 Å². The number of anilines is 1. The van der Waals surface area contributed by atoms with E-state index in [-0.39, 0.29) is 11.6 Å². The molecule has 0 spiro atoms. The predicted molar refractivity (Wildman–Crippen MR) is 134 cm³/mol. The summed E-state index contributed by atoms with van der Waals surface area (Å²) in [4.78, 5) is 26.4. The molecule has 5 aromatic rings. The summed E-state index contributed by atoms with van der Waals surface area (Å²) in [5.74, 6) is 0.893. The molecule has 6 rings (SSSR count). The summed E-state index contributed by atoms with van der Waals surface area (Å²) in [7, 11) is 0. The van der Waals surface area contributed by atoms with E-state index >= 15 is 0 Å². The predicted octanol–water partition coefficient (Wildman–Crippen LogP) is 4.29. The number of nitrogens with one attached hydrogen (secondary N) is 2. The number of benzene rings is 2. The first kappa shape index (κ1) is 21.5. The van der Waals surface area contributed by atoms with Crippen molar-refractivity contribution in [2.45, 2.75) is 32.5 Å². The number of H-pyrrole nitrogens is 2. The molecule has 1 saturated heterocycles. The monoisotopic (exact) mass is 471 g/mol. The van der Waals surface area contributed by atoms with Gasteiger partial charge in [0.25, 0.3) is 0 Å². The van der Waals surface area contributed by atoms with E-state index in [4.69, 9.17) is 5.73 Å². The number of rotatable bonds is 5. The molecular formula is C26H26FN7O. The van der Waals surface area contributed by atoms with Gasteiger partial charge < -0.3 is 15.7 Å². The number of ketones is 1. The van der Waals surface area contributed by atoms with Gasteiger partial charge in [-0.05, 0) is 61.7 Å². The Balaban J connectivity index is 1.25. The van der Waals surface area contributed by atoms with Crippen LogP contribution in [-0.2, 0) is 6.54 Å². The van der Waals surface area contributed by atoms with Crippen LogP contribution in [0.25, 0.3) is 27.6 Å². The average molecular weight is 472 g/mol. The average Bonchev–Trinajstić information content (AvgIpc) is 3.55. The van der Waals surface area contributed by atoms with Crippen LogP contribution in [0.1, 0.15) is 40.3 Å². The minimum atomic E-state index is -0.679. The Hall–Kier alpha value is -3.98. The molecule has 9 heteroatoms. The Morgan fingerprint density at radius 2 is 1.94 bits per heavy atom. The molecule has 2 aromatic carbocycles. The number of piperidine rings is 1. The molecule has 0 atom stereocenters. The second-order valence-electron chi connectivity index (χ2n) is 9.26. The standard InChI is InChI=1S/C26H26FN7O/c1-15-30-22-5-3-19(12-23(22)31-15)34-26(28)20(13-29-34)25(35)24-11-17-10-16(2-4-21(17)32-24)14-33-8-6-18(27)7-9-33/h2-5,10-13,18,32H,6-9,14,28H2,1H3,(H,30,31). The fraction of sp³-hybridized carbons (Fsp3) is 0.269. The van der Waals surface area contributed by atoms with Gasteiger partial charge in [-0.3, -0.25) is 9.69 Å². The van der Waals surface area contributed by atoms with Crippen molar-refractivity contribution in [1.29, 1.82) is 0 Å². The van der Waals surface area contributed by atoms with Crippen molar-refractivity contribution in [2.75, 3.05) is 18.8 Å². The maximum atomic E-state index is 13.4. The molecule has 8 nitrogen and oxygen atoms in total. The first-order valence-electron chi connectivity index (χ1n) is 11.8. The number of hydrogen-bond donors (Lipinski definition) is 3. The highest BCUT2D eigenvalue weighted by atomic mass is 19.1. The van der Waals surface area contributed by atoms with Crippen LogP contribution in [0.5, 0.6) is 0 Å². The minimum Gasteiger partial charge on any atom is -0.383 e. The summed E-state index contributed by atoms with van der Waals surface area (Å²) in [6.07, 6.45) is 2.01. The number of aromatic amines is 2. The number of fused-ring (bicyclic) bond motifs is 2. The number of nitrogens with zero attached hydrogens (tertiary/aromatic N) is 4. The highest BCUT2D eigenvalue weighted by molar-refractivity contribution is 6.12. The van der Waals surface area contributed by atoms with Crippen LogP contribution in [-0.4, -0.2) is 54.7 Å². The molecule has 4 N–H and O–H groups in total. The summed E-state index contributed by atoms with van der Waals surface area (Å²) >= 11 is 0. The molecule has 0 aliphatic carbocycles. The number of imidazole rings is 1. The number of aromatic nitrogens is 5. The van der Waals surface area contributed by atoms with Gasteiger partial charge in [0, 0.05) is 30.5 Å². The number of halogens is 1. The van der Waals surface area contributed by atoms with Crippen LogP contribution in [0.4, 0.5) is 10.2 Å². The second kappa shape index (κ2) is 8.35. The second-order valence-corrected chi connectivity index (χ2v) is 9.26. The van der Waals surface area contributed by atoms with E-state index in [0.29, 0.717) is 24.1 Å². The summed E-state index contributed by atoms with van der Waals surface area (Å²) in [6.45, 7) is 4.21. The van der Waals surface area contributed by atoms with Crippen LogP contribution in [0.15, 0.2) is 48.7 Å². The molecule has 1 fully saturated rings. The lowest BCUT2D eigenvalue weighted by Crippen LogP contribution is -2.33. The van der Waals surface area contributed by atoms with E-state index < -0.39 is 6.17 Å². The number of alkyl halides is 1. The number of nitrogens with two attached hydrogens (primary N) is 1. The number of likely N-dealkylation sites (tertiary alicyclic amines) is 1. The molecule has 178 valence electrons. The third kappa shape index (κ3) is 3.97. The SMILES string of the molecule is Cc1nc2ccc(-n3ncc(C(=O)c4cc5cc(CN6CCC(F)CC6)ccc5[nH]4)c3N)cc2[nH]1. The molecule has 3 aromatic heterocycles. The Labute approximate surface area is 200 Å². The van der Waals surface area contributed by atoms with Crippen molar-refractivity contribution in [1.82, 2.24) is 29.6 Å². The molecule has 0 radical (unpaired) electrons. The maximum absolute atomic E-state index is 13.4. The topological polar surface area (TPSA) is 109 Å². The van der Waals surface area contributed by atoms with E-state index in [0.717, 1.165) is 58.6 Å². The summed E-state index contributed by atoms with van der Waals surface area (Å²) < 4.78 is 15.0. The molecule has 0 bridgehead atoms. The molecule has 0 amide bonds. The third-order valence-electron chi connectivity index (χ3n) is 6.73. The molecule has 0 unspecified atom stereocenters. The summed E-state index contributed by atoms with van der Waals surface area (Å²) in [5.41, 5.74) is 11.7. The lowest BCUT2D eigenvalue weighted by atomic mass is 10.1. The van der Waals surface area contributed by atoms with Crippen molar-refractivity contribution in [2.24, 2.45) is 0 Å². The fourth-order valence-electron chi connectivity index (χ4n) is 4.86. The lowest BCUT2D eigenvalue weighted by Gasteiger charge is -2.28.